The fraction of sp³-hybridized carbons (Fsp3) is 1.00. The zero-order chi connectivity index (χ0) is 31.1. The molecule has 0 rings (SSSR count). The lowest BCUT2D eigenvalue weighted by atomic mass is 9.85. The van der Waals surface area contributed by atoms with Gasteiger partial charge in [-0.25, -0.2) is 0 Å². The molecular weight excluding hydrogens is 609 g/mol. The maximum absolute atomic E-state index is 13.5. The zero-order valence-electron chi connectivity index (χ0n) is 16.2. The van der Waals surface area contributed by atoms with Gasteiger partial charge in [0.15, 0.2) is 0 Å². The Balaban J connectivity index is 7.22. The molecule has 0 fully saturated rings. The summed E-state index contributed by atoms with van der Waals surface area (Å²) in [5.41, 5.74) is 0. The Morgan fingerprint density at radius 2 is 0.486 bits per heavy atom. The normalized spacial score (nSPS) is 17.8. The fourth-order valence-electron chi connectivity index (χ4n) is 2.03. The van der Waals surface area contributed by atoms with E-state index in [0.29, 0.717) is 0 Å². The molecule has 0 bridgehead atoms. The van der Waals surface area contributed by atoms with Crippen LogP contribution in [0.25, 0.3) is 0 Å². The number of alkyl halides is 23. The summed E-state index contributed by atoms with van der Waals surface area (Å²) in [6.07, 6.45) is -12.4. The molecule has 37 heavy (non-hydrogen) atoms. The average Bonchev–Trinajstić information content (AvgIpc) is 2.65. The zero-order valence-corrected chi connectivity index (χ0v) is 16.2. The molecule has 0 radical (unpaired) electrons. The number of hydrogen-bond donors (Lipinski definition) is 1. The van der Waals surface area contributed by atoms with Gasteiger partial charge in [0.25, 0.3) is 0 Å². The number of halogens is 23. The second-order valence-electron chi connectivity index (χ2n) is 6.97. The van der Waals surface area contributed by atoms with Crippen LogP contribution in [-0.4, -0.2) is 76.6 Å². The minimum Gasteiger partial charge on any atom is -0.387 e. The Morgan fingerprint density at radius 1 is 0.324 bits per heavy atom. The van der Waals surface area contributed by atoms with Crippen molar-refractivity contribution in [1.82, 2.24) is 0 Å². The van der Waals surface area contributed by atoms with Crippen LogP contribution in [-0.2, 0) is 0 Å². The summed E-state index contributed by atoms with van der Waals surface area (Å²) in [6, 6.07) is 0. The molecule has 1 unspecified atom stereocenters. The Bertz CT molecular complexity index is 832. The second-order valence-corrected chi connectivity index (χ2v) is 6.97. The van der Waals surface area contributed by atoms with Crippen LogP contribution >= 0.6 is 0 Å². The van der Waals surface area contributed by atoms with Crippen molar-refractivity contribution in [3.8, 4) is 0 Å². The van der Waals surface area contributed by atoms with E-state index in [1.807, 2.05) is 0 Å². The van der Waals surface area contributed by atoms with Crippen LogP contribution in [0, 0.1) is 0 Å². The quantitative estimate of drug-likeness (QED) is 0.257. The van der Waals surface area contributed by atoms with Crippen molar-refractivity contribution in [3.05, 3.63) is 0 Å². The van der Waals surface area contributed by atoms with Crippen molar-refractivity contribution >= 4 is 0 Å². The highest BCUT2D eigenvalue weighted by Crippen LogP contribution is 2.67. The number of aliphatic hydroxyl groups excluding tert-OH is 1. The molecule has 0 aliphatic carbocycles. The average molecular weight is 614 g/mol. The van der Waals surface area contributed by atoms with E-state index < -0.39 is 78.4 Å². The first kappa shape index (κ1) is 35.4. The van der Waals surface area contributed by atoms with E-state index in [1.165, 1.54) is 0 Å². The van der Waals surface area contributed by atoms with E-state index in [-0.39, 0.29) is 0 Å². The Morgan fingerprint density at radius 3 is 0.649 bits per heavy atom. The predicted octanol–water partition coefficient (Wildman–Crippen LogP) is 7.28. The lowest BCUT2D eigenvalue weighted by Crippen LogP contribution is -2.78. The van der Waals surface area contributed by atoms with E-state index in [2.05, 4.69) is 0 Å². The minimum absolute atomic E-state index is 0.646. The van der Waals surface area contributed by atoms with Crippen molar-refractivity contribution in [3.63, 3.8) is 0 Å². The summed E-state index contributed by atoms with van der Waals surface area (Å²) in [5, 5.41) is 8.27. The molecule has 1 N–H and O–H groups in total. The minimum atomic E-state index is -9.42. The van der Waals surface area contributed by atoms with Crippen LogP contribution in [0.15, 0.2) is 0 Å². The third-order valence-electron chi connectivity index (χ3n) is 4.45. The van der Waals surface area contributed by atoms with Crippen LogP contribution in [0.4, 0.5) is 101 Å². The Kier molecular flexibility index (Phi) is 8.05. The fourth-order valence-corrected chi connectivity index (χ4v) is 2.03. The van der Waals surface area contributed by atoms with Gasteiger partial charge in [0.1, 0.15) is 6.10 Å². The number of hydrogen-bond acceptors (Lipinski definition) is 1. The molecule has 0 aliphatic rings. The smallest absolute Gasteiger partial charge is 0.387 e. The summed E-state index contributed by atoms with van der Waals surface area (Å²) in [4.78, 5) is 0. The Hall–Kier alpha value is -1.65. The van der Waals surface area contributed by atoms with Gasteiger partial charge in [-0.05, 0) is 6.92 Å². The van der Waals surface area contributed by atoms with Crippen molar-refractivity contribution in [2.24, 2.45) is 0 Å². The van der Waals surface area contributed by atoms with E-state index >= 15 is 0 Å². The summed E-state index contributed by atoms with van der Waals surface area (Å²) >= 11 is 0. The molecule has 224 valence electrons. The molecule has 0 aliphatic heterocycles. The monoisotopic (exact) mass is 614 g/mol. The van der Waals surface area contributed by atoms with Crippen molar-refractivity contribution in [2.45, 2.75) is 78.4 Å². The molecule has 0 saturated carbocycles. The van der Waals surface area contributed by atoms with Crippen molar-refractivity contribution in [2.75, 3.05) is 0 Å². The van der Waals surface area contributed by atoms with Gasteiger partial charge in [-0.15, -0.1) is 0 Å². The SMILES string of the molecule is CC(O)C(F)(F)C(F)(F)C(F)(F)C(F)(F)C(F)(F)C(F)(F)C(F)(F)C(F)(F)C(F)(F)C(F)(F)C(F)(F)F. The largest absolute Gasteiger partial charge is 0.460 e. The molecule has 0 spiro atoms. The van der Waals surface area contributed by atoms with Crippen LogP contribution in [0.5, 0.6) is 0 Å². The maximum atomic E-state index is 13.5. The molecular formula is C13H5F23O. The molecule has 0 saturated heterocycles. The first-order valence-electron chi connectivity index (χ1n) is 7.97. The lowest BCUT2D eigenvalue weighted by molar-refractivity contribution is -0.479. The highest BCUT2D eigenvalue weighted by atomic mass is 19.4. The first-order chi connectivity index (χ1) is 15.4. The molecule has 0 heterocycles. The van der Waals surface area contributed by atoms with Crippen LogP contribution in [0.3, 0.4) is 0 Å². The standard InChI is InChI=1S/C13H5F23O/c1-2(37)3(14,15)4(16,17)5(18,19)6(20,21)7(22,23)8(24,25)9(26,27)10(28,29)11(30,31)12(32,33)13(34,35)36/h2,37H,1H3. The molecule has 0 amide bonds. The molecule has 0 aromatic rings. The van der Waals surface area contributed by atoms with Gasteiger partial charge in [0.2, 0.25) is 0 Å². The molecule has 0 aromatic carbocycles. The predicted molar refractivity (Wildman–Crippen MR) is 67.2 cm³/mol. The molecule has 1 atom stereocenters. The van der Waals surface area contributed by atoms with Gasteiger partial charge in [-0.2, -0.15) is 101 Å². The molecule has 0 aromatic heterocycles. The maximum Gasteiger partial charge on any atom is 0.460 e. The van der Waals surface area contributed by atoms with Gasteiger partial charge < -0.3 is 5.11 Å². The van der Waals surface area contributed by atoms with Gasteiger partial charge >= 0.3 is 65.4 Å². The first-order valence-corrected chi connectivity index (χ1v) is 7.97. The summed E-state index contributed by atoms with van der Waals surface area (Å²) in [5.74, 6) is -88.2. The summed E-state index contributed by atoms with van der Waals surface area (Å²) in [7, 11) is 0. The molecule has 1 nitrogen and oxygen atoms in total. The van der Waals surface area contributed by atoms with Crippen LogP contribution < -0.4 is 0 Å². The Labute approximate surface area is 186 Å². The van der Waals surface area contributed by atoms with E-state index in [1.54, 1.807) is 0 Å². The summed E-state index contributed by atoms with van der Waals surface area (Å²) < 4.78 is 300. The molecule has 24 heteroatoms. The van der Waals surface area contributed by atoms with Crippen molar-refractivity contribution in [1.29, 1.82) is 0 Å². The number of rotatable bonds is 10. The van der Waals surface area contributed by atoms with Crippen molar-refractivity contribution < 1.29 is 106 Å². The highest BCUT2D eigenvalue weighted by molar-refractivity contribution is 5.19. The van der Waals surface area contributed by atoms with E-state index in [9.17, 15) is 101 Å². The van der Waals surface area contributed by atoms with Crippen LogP contribution in [0.1, 0.15) is 6.92 Å². The van der Waals surface area contributed by atoms with Gasteiger partial charge in [-0.3, -0.25) is 0 Å². The van der Waals surface area contributed by atoms with Gasteiger partial charge in [0, 0.05) is 0 Å². The van der Waals surface area contributed by atoms with E-state index in [0.717, 1.165) is 0 Å². The van der Waals surface area contributed by atoms with Crippen LogP contribution in [0.2, 0.25) is 0 Å². The van der Waals surface area contributed by atoms with Gasteiger partial charge in [-0.1, -0.05) is 0 Å². The lowest BCUT2D eigenvalue weighted by Gasteiger charge is -2.45. The second kappa shape index (κ2) is 8.42. The summed E-state index contributed by atoms with van der Waals surface area (Å²) in [6.45, 7) is -0.646. The topological polar surface area (TPSA) is 20.2 Å². The van der Waals surface area contributed by atoms with Gasteiger partial charge in [0.05, 0.1) is 0 Å². The third kappa shape index (κ3) is 4.04. The third-order valence-corrected chi connectivity index (χ3v) is 4.45. The number of aliphatic hydroxyl groups is 1. The van der Waals surface area contributed by atoms with E-state index in [4.69, 9.17) is 5.11 Å². The highest BCUT2D eigenvalue weighted by Gasteiger charge is 2.98.